The molecule has 0 radical (unpaired) electrons. The monoisotopic (exact) mass is 259 g/mol. The van der Waals surface area contributed by atoms with Gasteiger partial charge in [0.25, 0.3) is 0 Å². The van der Waals surface area contributed by atoms with Gasteiger partial charge < -0.3 is 20.6 Å². The molecule has 1 aromatic heterocycles. The van der Waals surface area contributed by atoms with Crippen LogP contribution in [0.15, 0.2) is 30.3 Å². The van der Waals surface area contributed by atoms with E-state index in [4.69, 9.17) is 10.5 Å². The highest BCUT2D eigenvalue weighted by Gasteiger charge is 2.23. The van der Waals surface area contributed by atoms with Gasteiger partial charge >= 0.3 is 5.82 Å². The number of methoxy groups -OCH3 is 1. The lowest BCUT2D eigenvalue weighted by Crippen LogP contribution is -2.04. The number of rotatable bonds is 3. The van der Waals surface area contributed by atoms with Crippen LogP contribution in [0.2, 0.25) is 0 Å². The van der Waals surface area contributed by atoms with Crippen molar-refractivity contribution in [2.45, 2.75) is 6.92 Å². The lowest BCUT2D eigenvalue weighted by molar-refractivity contribution is -0.388. The van der Waals surface area contributed by atoms with Gasteiger partial charge in [-0.1, -0.05) is 12.1 Å². The smallest absolute Gasteiger partial charge is 0.388 e. The number of nitrogens with zero attached hydrogens (tertiary/aromatic N) is 2. The van der Waals surface area contributed by atoms with Gasteiger partial charge in [-0.05, 0) is 35.0 Å². The summed E-state index contributed by atoms with van der Waals surface area (Å²) >= 11 is 0. The second kappa shape index (κ2) is 4.93. The van der Waals surface area contributed by atoms with Crippen molar-refractivity contribution in [2.75, 3.05) is 12.8 Å². The van der Waals surface area contributed by atoms with Crippen molar-refractivity contribution in [1.29, 1.82) is 0 Å². The molecule has 1 heterocycles. The molecule has 0 bridgehead atoms. The van der Waals surface area contributed by atoms with Crippen molar-refractivity contribution in [1.82, 2.24) is 4.98 Å². The molecule has 19 heavy (non-hydrogen) atoms. The molecule has 2 N–H and O–H groups in total. The molecule has 6 nitrogen and oxygen atoms in total. The Morgan fingerprint density at radius 2 is 2.16 bits per heavy atom. The van der Waals surface area contributed by atoms with Gasteiger partial charge in [0.05, 0.1) is 12.7 Å². The second-order valence-corrected chi connectivity index (χ2v) is 3.86. The van der Waals surface area contributed by atoms with Gasteiger partial charge in [-0.2, -0.15) is 0 Å². The summed E-state index contributed by atoms with van der Waals surface area (Å²) in [6, 6.07) is 7.09. The molecule has 2 aromatic rings. The predicted octanol–water partition coefficient (Wildman–Crippen LogP) is 2.73. The summed E-state index contributed by atoms with van der Waals surface area (Å²) in [4.78, 5) is 14.4. The minimum absolute atomic E-state index is 0.0126. The van der Waals surface area contributed by atoms with Crippen LogP contribution in [0.3, 0.4) is 0 Å². The Hall–Kier alpha value is -2.63. The highest BCUT2D eigenvalue weighted by Crippen LogP contribution is 2.35. The van der Waals surface area contributed by atoms with Crippen LogP contribution in [0.4, 0.5) is 11.5 Å². The molecule has 0 saturated carbocycles. The Kier molecular flexibility index (Phi) is 3.33. The van der Waals surface area contributed by atoms with Gasteiger partial charge in [0, 0.05) is 5.39 Å². The molecule has 0 aliphatic heterocycles. The minimum Gasteiger partial charge on any atom is -0.496 e. The number of para-hydroxylation sites is 1. The molecule has 0 atom stereocenters. The van der Waals surface area contributed by atoms with Crippen LogP contribution in [-0.4, -0.2) is 17.0 Å². The number of fused-ring (bicyclic) bond motifs is 1. The number of nitro groups is 1. The summed E-state index contributed by atoms with van der Waals surface area (Å²) in [7, 11) is 1.50. The molecule has 0 aliphatic carbocycles. The molecule has 0 aliphatic rings. The van der Waals surface area contributed by atoms with E-state index < -0.39 is 4.92 Å². The summed E-state index contributed by atoms with van der Waals surface area (Å²) < 4.78 is 5.24. The van der Waals surface area contributed by atoms with E-state index in [9.17, 15) is 10.1 Å². The van der Waals surface area contributed by atoms with Crippen molar-refractivity contribution in [2.24, 2.45) is 0 Å². The molecule has 2 rings (SSSR count). The van der Waals surface area contributed by atoms with E-state index in [1.165, 1.54) is 7.11 Å². The number of hydrogen-bond donors (Lipinski definition) is 1. The first-order valence-electron chi connectivity index (χ1n) is 5.63. The van der Waals surface area contributed by atoms with E-state index in [0.29, 0.717) is 16.8 Å². The Morgan fingerprint density at radius 1 is 1.47 bits per heavy atom. The molecule has 6 heteroatoms. The van der Waals surface area contributed by atoms with E-state index in [2.05, 4.69) is 4.98 Å². The second-order valence-electron chi connectivity index (χ2n) is 3.86. The quantitative estimate of drug-likeness (QED) is 0.520. The normalized spacial score (nSPS) is 11.6. The summed E-state index contributed by atoms with van der Waals surface area (Å²) in [5.41, 5.74) is 6.90. The fraction of sp³-hybridized carbons (Fsp3) is 0.154. The number of anilines is 1. The van der Waals surface area contributed by atoms with Crippen LogP contribution in [0.1, 0.15) is 12.5 Å². The molecular weight excluding hydrogens is 246 g/mol. The number of nitrogen functional groups attached to an aromatic ring is 1. The van der Waals surface area contributed by atoms with Crippen LogP contribution in [0, 0.1) is 10.1 Å². The maximum atomic E-state index is 11.0. The van der Waals surface area contributed by atoms with Gasteiger partial charge in [0.15, 0.2) is 5.52 Å². The largest absolute Gasteiger partial charge is 0.496 e. The van der Waals surface area contributed by atoms with Crippen LogP contribution in [-0.2, 0) is 4.74 Å². The summed E-state index contributed by atoms with van der Waals surface area (Å²) in [6.07, 6.45) is 1.71. The van der Waals surface area contributed by atoms with Gasteiger partial charge in [0.1, 0.15) is 11.4 Å². The van der Waals surface area contributed by atoms with Crippen LogP contribution >= 0.6 is 0 Å². The molecule has 98 valence electrons. The Labute approximate surface area is 109 Å². The molecule has 1 aromatic carbocycles. The summed E-state index contributed by atoms with van der Waals surface area (Å²) in [5, 5.41) is 11.7. The first kappa shape index (κ1) is 12.8. The first-order chi connectivity index (χ1) is 9.10. The SMILES string of the molecule is C/C=C(\OC)c1c(N)c([N+](=O)[O-])nc2ccccc12. The standard InChI is InChI=1S/C13H13N3O3/c1-3-10(19-2)11-8-6-4-5-7-9(8)15-13(12(11)14)16(17)18/h3-7H,14H2,1-2H3/b10-3-. The zero-order valence-corrected chi connectivity index (χ0v) is 10.6. The lowest BCUT2D eigenvalue weighted by atomic mass is 10.0. The topological polar surface area (TPSA) is 91.3 Å². The number of nitrogens with two attached hydrogens (primary N) is 1. The number of benzene rings is 1. The number of hydrogen-bond acceptors (Lipinski definition) is 5. The van der Waals surface area contributed by atoms with E-state index in [1.54, 1.807) is 31.2 Å². The number of pyridine rings is 1. The fourth-order valence-corrected chi connectivity index (χ4v) is 1.98. The predicted molar refractivity (Wildman–Crippen MR) is 73.5 cm³/mol. The Bertz CT molecular complexity index is 680. The molecular formula is C13H13N3O3. The number of aromatic nitrogens is 1. The molecule has 0 saturated heterocycles. The molecule has 0 unspecified atom stereocenters. The first-order valence-corrected chi connectivity index (χ1v) is 5.63. The third-order valence-corrected chi connectivity index (χ3v) is 2.81. The van der Waals surface area contributed by atoms with Gasteiger partial charge in [-0.15, -0.1) is 0 Å². The van der Waals surface area contributed by atoms with Crippen molar-refractivity contribution in [3.8, 4) is 0 Å². The summed E-state index contributed by atoms with van der Waals surface area (Å²) in [6.45, 7) is 1.78. The average molecular weight is 259 g/mol. The van der Waals surface area contributed by atoms with E-state index in [1.807, 2.05) is 6.07 Å². The van der Waals surface area contributed by atoms with Crippen LogP contribution in [0.25, 0.3) is 16.7 Å². The van der Waals surface area contributed by atoms with Crippen molar-refractivity contribution >= 4 is 28.2 Å². The zero-order chi connectivity index (χ0) is 14.0. The van der Waals surface area contributed by atoms with E-state index in [0.717, 1.165) is 5.39 Å². The van der Waals surface area contributed by atoms with E-state index in [-0.39, 0.29) is 11.5 Å². The van der Waals surface area contributed by atoms with Gasteiger partial charge in [-0.25, -0.2) is 0 Å². The van der Waals surface area contributed by atoms with Crippen LogP contribution in [0.5, 0.6) is 0 Å². The van der Waals surface area contributed by atoms with Crippen LogP contribution < -0.4 is 5.73 Å². The third-order valence-electron chi connectivity index (χ3n) is 2.81. The third kappa shape index (κ3) is 2.08. The maximum absolute atomic E-state index is 11.0. The fourth-order valence-electron chi connectivity index (χ4n) is 1.98. The Balaban J connectivity index is 2.92. The molecule has 0 spiro atoms. The van der Waals surface area contributed by atoms with Crippen molar-refractivity contribution < 1.29 is 9.66 Å². The van der Waals surface area contributed by atoms with Gasteiger partial charge in [0.2, 0.25) is 0 Å². The average Bonchev–Trinajstić information content (AvgIpc) is 2.41. The minimum atomic E-state index is -0.589. The maximum Gasteiger partial charge on any atom is 0.388 e. The molecule has 0 fully saturated rings. The van der Waals surface area contributed by atoms with Gasteiger partial charge in [-0.3, -0.25) is 0 Å². The Morgan fingerprint density at radius 3 is 2.74 bits per heavy atom. The van der Waals surface area contributed by atoms with E-state index >= 15 is 0 Å². The number of ether oxygens (including phenoxy) is 1. The highest BCUT2D eigenvalue weighted by molar-refractivity contribution is 5.97. The summed E-state index contributed by atoms with van der Waals surface area (Å²) in [5.74, 6) is 0.129. The molecule has 0 amide bonds. The zero-order valence-electron chi connectivity index (χ0n) is 10.6. The van der Waals surface area contributed by atoms with Crippen molar-refractivity contribution in [3.05, 3.63) is 46.0 Å². The highest BCUT2D eigenvalue weighted by atomic mass is 16.6. The lowest BCUT2D eigenvalue weighted by Gasteiger charge is -2.11. The van der Waals surface area contributed by atoms with Crippen molar-refractivity contribution in [3.63, 3.8) is 0 Å². The number of allylic oxidation sites excluding steroid dienone is 1.